The Morgan fingerprint density at radius 1 is 1.44 bits per heavy atom. The first-order valence-corrected chi connectivity index (χ1v) is 6.10. The zero-order valence-corrected chi connectivity index (χ0v) is 9.92. The Morgan fingerprint density at radius 3 is 3.06 bits per heavy atom. The average Bonchev–Trinajstić information content (AvgIpc) is 2.89. The highest BCUT2D eigenvalue weighted by molar-refractivity contribution is 7.99. The predicted octanol–water partition coefficient (Wildman–Crippen LogP) is 2.46. The van der Waals surface area contributed by atoms with Crippen LogP contribution in [0.25, 0.3) is 0 Å². The van der Waals surface area contributed by atoms with Gasteiger partial charge in [0.15, 0.2) is 0 Å². The van der Waals surface area contributed by atoms with Crippen molar-refractivity contribution in [3.8, 4) is 0 Å². The molecule has 0 saturated heterocycles. The lowest BCUT2D eigenvalue weighted by Gasteiger charge is -2.00. The van der Waals surface area contributed by atoms with E-state index in [0.717, 1.165) is 35.3 Å². The van der Waals surface area contributed by atoms with Crippen molar-refractivity contribution in [3.63, 3.8) is 0 Å². The van der Waals surface area contributed by atoms with Crippen LogP contribution in [0.2, 0.25) is 0 Å². The monoisotopic (exact) mass is 238 g/mol. The second-order valence-electron chi connectivity index (χ2n) is 3.41. The molecule has 2 heterocycles. The molecule has 1 N–H and O–H groups in total. The molecule has 0 aliphatic carbocycles. The van der Waals surface area contributed by atoms with Gasteiger partial charge >= 0.3 is 0 Å². The van der Waals surface area contributed by atoms with Crippen LogP contribution in [0.1, 0.15) is 11.3 Å². The van der Waals surface area contributed by atoms with E-state index < -0.39 is 0 Å². The lowest BCUT2D eigenvalue weighted by Crippen LogP contribution is -2.15. The molecule has 0 radical (unpaired) electrons. The number of nitrogens with one attached hydrogen (secondary N) is 1. The maximum Gasteiger partial charge on any atom is 0.255 e. The van der Waals surface area contributed by atoms with Gasteiger partial charge in [-0.05, 0) is 13.0 Å². The summed E-state index contributed by atoms with van der Waals surface area (Å²) in [6, 6.07) is 1.96. The van der Waals surface area contributed by atoms with E-state index in [-0.39, 0.29) is 0 Å². The van der Waals surface area contributed by atoms with Crippen molar-refractivity contribution in [2.24, 2.45) is 0 Å². The lowest BCUT2D eigenvalue weighted by molar-refractivity contribution is 0.454. The highest BCUT2D eigenvalue weighted by Crippen LogP contribution is 2.15. The Labute approximate surface area is 98.4 Å². The second-order valence-corrected chi connectivity index (χ2v) is 4.46. The first-order valence-electron chi connectivity index (χ1n) is 5.11. The Balaban J connectivity index is 1.59. The van der Waals surface area contributed by atoms with Gasteiger partial charge < -0.3 is 14.2 Å². The fraction of sp³-hybridized carbons (Fsp3) is 0.364. The lowest BCUT2D eigenvalue weighted by atomic mass is 10.3. The molecule has 0 amide bonds. The first-order chi connectivity index (χ1) is 7.84. The van der Waals surface area contributed by atoms with Gasteiger partial charge in [-0.15, -0.1) is 0 Å². The minimum atomic E-state index is 0.739. The predicted molar refractivity (Wildman–Crippen MR) is 62.4 cm³/mol. The Hall–Kier alpha value is -1.20. The van der Waals surface area contributed by atoms with Gasteiger partial charge in [0.05, 0.1) is 18.2 Å². The van der Waals surface area contributed by atoms with Crippen molar-refractivity contribution in [1.82, 2.24) is 10.3 Å². The molecule has 4 nitrogen and oxygen atoms in total. The summed E-state index contributed by atoms with van der Waals surface area (Å²) in [5, 5.41) is 4.05. The second kappa shape index (κ2) is 5.77. The highest BCUT2D eigenvalue weighted by Gasteiger charge is 2.00. The zero-order valence-electron chi connectivity index (χ0n) is 9.10. The van der Waals surface area contributed by atoms with Crippen molar-refractivity contribution < 1.29 is 8.83 Å². The Morgan fingerprint density at radius 2 is 2.38 bits per heavy atom. The molecule has 0 atom stereocenters. The van der Waals surface area contributed by atoms with Gasteiger partial charge in [-0.2, -0.15) is 0 Å². The van der Waals surface area contributed by atoms with Crippen molar-refractivity contribution in [2.45, 2.75) is 18.7 Å². The van der Waals surface area contributed by atoms with Crippen LogP contribution in [0.4, 0.5) is 0 Å². The van der Waals surface area contributed by atoms with Crippen molar-refractivity contribution in [1.29, 1.82) is 0 Å². The molecular formula is C11H14N2O2S. The van der Waals surface area contributed by atoms with Crippen LogP contribution in [0, 0.1) is 6.92 Å². The van der Waals surface area contributed by atoms with Crippen LogP contribution in [-0.2, 0) is 6.54 Å². The summed E-state index contributed by atoms with van der Waals surface area (Å²) in [5.41, 5.74) is 2.09. The van der Waals surface area contributed by atoms with Gasteiger partial charge in [0.1, 0.15) is 6.26 Å². The third-order valence-electron chi connectivity index (χ3n) is 2.01. The first kappa shape index (κ1) is 11.3. The van der Waals surface area contributed by atoms with E-state index in [2.05, 4.69) is 10.3 Å². The molecule has 2 aromatic heterocycles. The molecule has 0 aliphatic heterocycles. The van der Waals surface area contributed by atoms with Crippen molar-refractivity contribution in [2.75, 3.05) is 12.3 Å². The SMILES string of the molecule is Cc1coc(SCCNCc2ccoc2)n1. The van der Waals surface area contributed by atoms with E-state index in [1.165, 1.54) is 0 Å². The number of aromatic nitrogens is 1. The molecule has 2 rings (SSSR count). The van der Waals surface area contributed by atoms with E-state index in [9.17, 15) is 0 Å². The number of oxazole rings is 1. The summed E-state index contributed by atoms with van der Waals surface area (Å²) in [4.78, 5) is 4.21. The fourth-order valence-corrected chi connectivity index (χ4v) is 1.98. The third-order valence-corrected chi connectivity index (χ3v) is 2.85. The molecule has 0 bridgehead atoms. The number of aryl methyl sites for hydroxylation is 1. The molecule has 2 aromatic rings. The molecule has 0 unspecified atom stereocenters. The maximum atomic E-state index is 5.23. The summed E-state index contributed by atoms with van der Waals surface area (Å²) in [7, 11) is 0. The molecule has 0 saturated carbocycles. The number of nitrogens with zero attached hydrogens (tertiary/aromatic N) is 1. The van der Waals surface area contributed by atoms with Crippen molar-refractivity contribution >= 4 is 11.8 Å². The maximum absolute atomic E-state index is 5.23. The molecular weight excluding hydrogens is 224 g/mol. The van der Waals surface area contributed by atoms with Gasteiger partial charge in [-0.25, -0.2) is 4.98 Å². The summed E-state index contributed by atoms with van der Waals surface area (Å²) in [5.74, 6) is 0.942. The summed E-state index contributed by atoms with van der Waals surface area (Å²) >= 11 is 1.61. The number of thioether (sulfide) groups is 1. The summed E-state index contributed by atoms with van der Waals surface area (Å²) in [6.07, 6.45) is 5.10. The van der Waals surface area contributed by atoms with Crippen LogP contribution in [-0.4, -0.2) is 17.3 Å². The molecule has 0 aromatic carbocycles. The minimum absolute atomic E-state index is 0.739. The zero-order chi connectivity index (χ0) is 11.2. The van der Waals surface area contributed by atoms with Gasteiger partial charge in [0.2, 0.25) is 0 Å². The van der Waals surface area contributed by atoms with E-state index in [4.69, 9.17) is 8.83 Å². The standard InChI is InChI=1S/C11H14N2O2S/c1-9-7-15-11(13-9)16-5-3-12-6-10-2-4-14-8-10/h2,4,7-8,12H,3,5-6H2,1H3. The van der Waals surface area contributed by atoms with Crippen LogP contribution >= 0.6 is 11.8 Å². The number of furan rings is 1. The van der Waals surface area contributed by atoms with E-state index in [1.807, 2.05) is 13.0 Å². The van der Waals surface area contributed by atoms with Gasteiger partial charge in [0.25, 0.3) is 5.22 Å². The molecule has 0 aliphatic rings. The number of rotatable bonds is 6. The molecule has 16 heavy (non-hydrogen) atoms. The average molecular weight is 238 g/mol. The molecule has 86 valence electrons. The minimum Gasteiger partial charge on any atom is -0.472 e. The quantitative estimate of drug-likeness (QED) is 0.619. The van der Waals surface area contributed by atoms with Gasteiger partial charge in [-0.3, -0.25) is 0 Å². The van der Waals surface area contributed by atoms with Crippen LogP contribution < -0.4 is 5.32 Å². The van der Waals surface area contributed by atoms with Crippen LogP contribution in [0.5, 0.6) is 0 Å². The largest absolute Gasteiger partial charge is 0.472 e. The van der Waals surface area contributed by atoms with Crippen LogP contribution in [0.3, 0.4) is 0 Å². The summed E-state index contributed by atoms with van der Waals surface area (Å²) < 4.78 is 10.2. The Kier molecular flexibility index (Phi) is 4.07. The Bertz CT molecular complexity index is 411. The van der Waals surface area contributed by atoms with E-state index in [1.54, 1.807) is 30.6 Å². The highest BCUT2D eigenvalue weighted by atomic mass is 32.2. The van der Waals surface area contributed by atoms with Gasteiger partial charge in [0, 0.05) is 24.4 Å². The molecule has 5 heteroatoms. The van der Waals surface area contributed by atoms with Crippen LogP contribution in [0.15, 0.2) is 38.9 Å². The molecule has 0 spiro atoms. The van der Waals surface area contributed by atoms with Gasteiger partial charge in [-0.1, -0.05) is 11.8 Å². The third kappa shape index (κ3) is 3.43. The normalized spacial score (nSPS) is 10.8. The topological polar surface area (TPSA) is 51.2 Å². The van der Waals surface area contributed by atoms with E-state index >= 15 is 0 Å². The fourth-order valence-electron chi connectivity index (χ4n) is 1.24. The van der Waals surface area contributed by atoms with Crippen molar-refractivity contribution in [3.05, 3.63) is 36.1 Å². The number of hydrogen-bond donors (Lipinski definition) is 1. The smallest absolute Gasteiger partial charge is 0.255 e. The number of hydrogen-bond acceptors (Lipinski definition) is 5. The molecule has 0 fully saturated rings. The summed E-state index contributed by atoms with van der Waals surface area (Å²) in [6.45, 7) is 3.67. The van der Waals surface area contributed by atoms with E-state index in [0.29, 0.717) is 0 Å².